The number of hydrogen-bond donors (Lipinski definition) is 0. The van der Waals surface area contributed by atoms with Crippen molar-refractivity contribution in [1.82, 2.24) is 9.97 Å². The molecule has 136 valence electrons. The lowest BCUT2D eigenvalue weighted by molar-refractivity contribution is 0.626. The minimum absolute atomic E-state index is 0.0151. The van der Waals surface area contributed by atoms with E-state index in [1.807, 2.05) is 0 Å². The molecule has 4 heteroatoms. The van der Waals surface area contributed by atoms with Crippen molar-refractivity contribution in [3.8, 4) is 11.3 Å². The fourth-order valence-corrected chi connectivity index (χ4v) is 3.23. The first-order valence-corrected chi connectivity index (χ1v) is 8.71. The molecule has 0 radical (unpaired) electrons. The molecule has 0 saturated heterocycles. The Morgan fingerprint density at radius 3 is 2.79 bits per heavy atom. The summed E-state index contributed by atoms with van der Waals surface area (Å²) in [5.74, 6) is -0.486. The van der Waals surface area contributed by atoms with Gasteiger partial charge >= 0.3 is 0 Å². The number of halogens is 1. The highest BCUT2D eigenvalue weighted by molar-refractivity contribution is 6.09. The fourth-order valence-electron chi connectivity index (χ4n) is 3.23. The number of rotatable bonds is 3. The van der Waals surface area contributed by atoms with Gasteiger partial charge in [0, 0.05) is 36.7 Å². The van der Waals surface area contributed by atoms with E-state index < -0.39 is 19.0 Å². The molecule has 5 aromatic rings. The van der Waals surface area contributed by atoms with Gasteiger partial charge < -0.3 is 4.42 Å². The fraction of sp³-hybridized carbons (Fsp3) is 0.0833. The SMILES string of the molecule is [2H]C([2H])([2H])c1ccc(-c2cc(F)ccn2)c2oc3ccc(C([2H])([2H])c4ccccc4)nc3c12. The van der Waals surface area contributed by atoms with Crippen molar-refractivity contribution in [2.75, 3.05) is 0 Å². The van der Waals surface area contributed by atoms with Gasteiger partial charge in [-0.15, -0.1) is 0 Å². The number of benzene rings is 2. The van der Waals surface area contributed by atoms with Crippen molar-refractivity contribution < 1.29 is 15.7 Å². The van der Waals surface area contributed by atoms with Crippen LogP contribution in [0.25, 0.3) is 33.3 Å². The highest BCUT2D eigenvalue weighted by Gasteiger charge is 2.17. The zero-order valence-corrected chi connectivity index (χ0v) is 14.6. The zero-order chi connectivity index (χ0) is 23.4. The van der Waals surface area contributed by atoms with E-state index in [4.69, 9.17) is 11.3 Å². The van der Waals surface area contributed by atoms with Crippen LogP contribution in [0, 0.1) is 12.7 Å². The third kappa shape index (κ3) is 2.83. The number of hydrogen-bond acceptors (Lipinski definition) is 3. The summed E-state index contributed by atoms with van der Waals surface area (Å²) in [5, 5.41) is 0.235. The molecule has 0 atom stereocenters. The Hall–Kier alpha value is -3.53. The van der Waals surface area contributed by atoms with E-state index in [9.17, 15) is 4.39 Å². The van der Waals surface area contributed by atoms with E-state index in [0.29, 0.717) is 16.7 Å². The summed E-state index contributed by atoms with van der Waals surface area (Å²) in [5.41, 5.74) is 2.00. The van der Waals surface area contributed by atoms with Gasteiger partial charge in [0.05, 0.1) is 11.1 Å². The topological polar surface area (TPSA) is 38.9 Å². The summed E-state index contributed by atoms with van der Waals surface area (Å²) < 4.78 is 61.1. The van der Waals surface area contributed by atoms with Crippen molar-refractivity contribution in [2.45, 2.75) is 13.2 Å². The van der Waals surface area contributed by atoms with Crippen LogP contribution in [0.1, 0.15) is 23.7 Å². The van der Waals surface area contributed by atoms with Crippen LogP contribution >= 0.6 is 0 Å². The van der Waals surface area contributed by atoms with Crippen molar-refractivity contribution in [3.05, 3.63) is 95.6 Å². The van der Waals surface area contributed by atoms with E-state index in [2.05, 4.69) is 9.97 Å². The lowest BCUT2D eigenvalue weighted by atomic mass is 10.0. The number of furan rings is 1. The average molecular weight is 373 g/mol. The molecule has 0 aliphatic heterocycles. The number of nitrogens with zero attached hydrogens (tertiary/aromatic N) is 2. The summed E-state index contributed by atoms with van der Waals surface area (Å²) in [6.07, 6.45) is -0.595. The number of pyridine rings is 2. The molecule has 0 aliphatic rings. The van der Waals surface area contributed by atoms with Gasteiger partial charge in [-0.3, -0.25) is 4.98 Å². The third-order valence-electron chi connectivity index (χ3n) is 4.51. The lowest BCUT2D eigenvalue weighted by Gasteiger charge is -2.04. The molecular weight excluding hydrogens is 351 g/mol. The summed E-state index contributed by atoms with van der Waals surface area (Å²) in [6, 6.07) is 17.1. The molecule has 0 unspecified atom stereocenters. The van der Waals surface area contributed by atoms with Gasteiger partial charge in [-0.25, -0.2) is 9.37 Å². The molecular formula is C24H17FN2O. The normalized spacial score (nSPS) is 15.0. The second kappa shape index (κ2) is 6.57. The van der Waals surface area contributed by atoms with Crippen LogP contribution in [0.5, 0.6) is 0 Å². The highest BCUT2D eigenvalue weighted by atomic mass is 19.1. The second-order valence-electron chi connectivity index (χ2n) is 6.36. The van der Waals surface area contributed by atoms with Crippen molar-refractivity contribution in [2.24, 2.45) is 0 Å². The Morgan fingerprint density at radius 2 is 1.96 bits per heavy atom. The standard InChI is InChI=1S/C24H17FN2O/c1-15-7-9-19(20-14-17(25)11-12-26-20)24-22(15)23-21(28-24)10-8-18(27-23)13-16-5-3-2-4-6-16/h2-12,14H,13H2,1H3/i1D3,13D2. The van der Waals surface area contributed by atoms with E-state index in [0.717, 1.165) is 0 Å². The van der Waals surface area contributed by atoms with Gasteiger partial charge in [0.1, 0.15) is 16.9 Å². The smallest absolute Gasteiger partial charge is 0.153 e. The highest BCUT2D eigenvalue weighted by Crippen LogP contribution is 2.36. The Morgan fingerprint density at radius 1 is 1.07 bits per heavy atom. The van der Waals surface area contributed by atoms with Gasteiger partial charge in [0.2, 0.25) is 0 Å². The van der Waals surface area contributed by atoms with Gasteiger partial charge in [-0.1, -0.05) is 36.4 Å². The predicted molar refractivity (Wildman–Crippen MR) is 109 cm³/mol. The predicted octanol–water partition coefficient (Wildman–Crippen LogP) is 6.08. The molecule has 0 amide bonds. The maximum atomic E-state index is 13.9. The summed E-state index contributed by atoms with van der Waals surface area (Å²) in [6.45, 7) is -2.47. The van der Waals surface area contributed by atoms with Crippen molar-refractivity contribution in [3.63, 3.8) is 0 Å². The van der Waals surface area contributed by atoms with Crippen molar-refractivity contribution in [1.29, 1.82) is 0 Å². The molecule has 3 aromatic heterocycles. The summed E-state index contributed by atoms with van der Waals surface area (Å²) in [7, 11) is 0. The molecule has 0 bridgehead atoms. The molecule has 28 heavy (non-hydrogen) atoms. The molecule has 0 aliphatic carbocycles. The monoisotopic (exact) mass is 373 g/mol. The Bertz CT molecular complexity index is 1500. The van der Waals surface area contributed by atoms with Gasteiger partial charge in [0.15, 0.2) is 5.58 Å². The average Bonchev–Trinajstić information content (AvgIpc) is 3.17. The molecule has 2 aromatic carbocycles. The molecule has 0 fully saturated rings. The molecule has 3 heterocycles. The van der Waals surface area contributed by atoms with Crippen LogP contribution in [-0.2, 0) is 6.37 Å². The van der Waals surface area contributed by atoms with Crippen LogP contribution in [0.3, 0.4) is 0 Å². The third-order valence-corrected chi connectivity index (χ3v) is 4.51. The molecule has 0 N–H and O–H groups in total. The Balaban J connectivity index is 1.82. The maximum absolute atomic E-state index is 13.9. The minimum atomic E-state index is -2.47. The lowest BCUT2D eigenvalue weighted by Crippen LogP contribution is -1.92. The molecule has 0 spiro atoms. The number of fused-ring (bicyclic) bond motifs is 3. The van der Waals surface area contributed by atoms with E-state index in [-0.39, 0.29) is 33.4 Å². The first kappa shape index (κ1) is 12.0. The molecule has 3 nitrogen and oxygen atoms in total. The minimum Gasteiger partial charge on any atom is -0.454 e. The quantitative estimate of drug-likeness (QED) is 0.385. The summed E-state index contributed by atoms with van der Waals surface area (Å²) >= 11 is 0. The van der Waals surface area contributed by atoms with Gasteiger partial charge in [-0.2, -0.15) is 0 Å². The first-order valence-electron chi connectivity index (χ1n) is 11.2. The number of aryl methyl sites for hydroxylation is 1. The van der Waals surface area contributed by atoms with Crippen LogP contribution in [0.15, 0.2) is 77.3 Å². The van der Waals surface area contributed by atoms with Crippen LogP contribution in [0.2, 0.25) is 0 Å². The van der Waals surface area contributed by atoms with Gasteiger partial charge in [-0.05, 0) is 42.2 Å². The van der Waals surface area contributed by atoms with E-state index in [1.54, 1.807) is 42.5 Å². The van der Waals surface area contributed by atoms with Crippen LogP contribution in [0.4, 0.5) is 4.39 Å². The van der Waals surface area contributed by atoms with E-state index in [1.165, 1.54) is 30.5 Å². The Kier molecular flexibility index (Phi) is 2.82. The van der Waals surface area contributed by atoms with Crippen LogP contribution < -0.4 is 0 Å². The van der Waals surface area contributed by atoms with Crippen LogP contribution in [-0.4, -0.2) is 9.97 Å². The number of aromatic nitrogens is 2. The second-order valence-corrected chi connectivity index (χ2v) is 6.36. The maximum Gasteiger partial charge on any atom is 0.153 e. The summed E-state index contributed by atoms with van der Waals surface area (Å²) in [4.78, 5) is 8.72. The van der Waals surface area contributed by atoms with Gasteiger partial charge in [0.25, 0.3) is 0 Å². The Labute approximate surface area is 168 Å². The van der Waals surface area contributed by atoms with Crippen molar-refractivity contribution >= 4 is 22.1 Å². The zero-order valence-electron chi connectivity index (χ0n) is 19.6. The molecule has 0 saturated carbocycles. The first-order chi connectivity index (χ1) is 15.7. The molecule has 5 rings (SSSR count). The van der Waals surface area contributed by atoms with E-state index >= 15 is 0 Å². The largest absolute Gasteiger partial charge is 0.454 e.